The maximum Gasteiger partial charge on any atom is 0.291 e. The molecule has 0 bridgehead atoms. The fourth-order valence-corrected chi connectivity index (χ4v) is 4.13. The average Bonchev–Trinajstić information content (AvgIpc) is 3.34. The highest BCUT2D eigenvalue weighted by molar-refractivity contribution is 7.92. The van der Waals surface area contributed by atoms with Crippen molar-refractivity contribution in [2.24, 2.45) is 0 Å². The zero-order valence-corrected chi connectivity index (χ0v) is 20.1. The molecule has 0 saturated heterocycles. The highest BCUT2D eigenvalue weighted by atomic mass is 35.5. The van der Waals surface area contributed by atoms with Crippen LogP contribution < -0.4 is 14.8 Å². The van der Waals surface area contributed by atoms with Crippen molar-refractivity contribution in [2.75, 3.05) is 10.0 Å². The molecule has 9 nitrogen and oxygen atoms in total. The van der Waals surface area contributed by atoms with E-state index in [2.05, 4.69) is 27.2 Å². The minimum atomic E-state index is -3.89. The molecule has 0 aliphatic rings. The van der Waals surface area contributed by atoms with E-state index in [1.54, 1.807) is 12.1 Å². The third kappa shape index (κ3) is 6.37. The minimum absolute atomic E-state index is 0.0170. The molecule has 180 valence electrons. The third-order valence-corrected chi connectivity index (χ3v) is 6.46. The number of sulfonamides is 1. The first-order chi connectivity index (χ1) is 16.8. The van der Waals surface area contributed by atoms with Gasteiger partial charge in [0.05, 0.1) is 4.90 Å². The Kier molecular flexibility index (Phi) is 7.33. The van der Waals surface area contributed by atoms with Gasteiger partial charge in [-0.05, 0) is 72.6 Å². The minimum Gasteiger partial charge on any atom is -0.486 e. The van der Waals surface area contributed by atoms with Crippen molar-refractivity contribution in [3.63, 3.8) is 0 Å². The summed E-state index contributed by atoms with van der Waals surface area (Å²) < 4.78 is 38.6. The Morgan fingerprint density at radius 1 is 0.971 bits per heavy atom. The Hall–Kier alpha value is -3.89. The lowest BCUT2D eigenvalue weighted by molar-refractivity contribution is 0.0992. The van der Waals surface area contributed by atoms with Crippen LogP contribution in [0, 0.1) is 0 Å². The third-order valence-electron chi connectivity index (χ3n) is 4.89. The monoisotopic (exact) mass is 512 g/mol. The zero-order valence-electron chi connectivity index (χ0n) is 18.6. The van der Waals surface area contributed by atoms with Crippen LogP contribution >= 0.6 is 11.6 Å². The fraction of sp³-hybridized carbons (Fsp3) is 0.125. The molecular weight excluding hydrogens is 492 g/mol. The second-order valence-corrected chi connectivity index (χ2v) is 9.45. The van der Waals surface area contributed by atoms with Gasteiger partial charge in [-0.15, -0.1) is 10.2 Å². The number of rotatable bonds is 9. The smallest absolute Gasteiger partial charge is 0.291 e. The quantitative estimate of drug-likeness (QED) is 0.326. The number of carbonyl (C=O) groups is 1. The second kappa shape index (κ2) is 10.6. The standard InChI is InChI=1S/C24H21ClN4O5S/c1-2-16-3-7-18(8-4-16)33-15-19-9-12-21(34-19)24(30)26-17-5-10-20(11-6-17)35(31,32)29-23-14-13-22(25)27-28-23/h3-14H,2,15H2,1H3,(H,26,30)(H,28,29). The molecule has 2 N–H and O–H groups in total. The molecule has 35 heavy (non-hydrogen) atoms. The van der Waals surface area contributed by atoms with Gasteiger partial charge < -0.3 is 14.5 Å². The SMILES string of the molecule is CCc1ccc(OCc2ccc(C(=O)Nc3ccc(S(=O)(=O)Nc4ccc(Cl)nn4)cc3)o2)cc1. The molecule has 4 rings (SSSR count). The van der Waals surface area contributed by atoms with E-state index in [1.807, 2.05) is 24.3 Å². The van der Waals surface area contributed by atoms with Gasteiger partial charge in [-0.25, -0.2) is 8.42 Å². The Labute approximate surface area is 207 Å². The Bertz CT molecular complexity index is 1400. The first kappa shape index (κ1) is 24.2. The molecule has 0 fully saturated rings. The summed E-state index contributed by atoms with van der Waals surface area (Å²) in [6.07, 6.45) is 0.949. The molecule has 11 heteroatoms. The average molecular weight is 513 g/mol. The summed E-state index contributed by atoms with van der Waals surface area (Å²) in [5, 5.41) is 10.1. The predicted molar refractivity (Wildman–Crippen MR) is 131 cm³/mol. The predicted octanol–water partition coefficient (Wildman–Crippen LogP) is 4.92. The van der Waals surface area contributed by atoms with E-state index in [-0.39, 0.29) is 28.2 Å². The number of hydrogen-bond acceptors (Lipinski definition) is 7. The molecule has 2 aromatic carbocycles. The van der Waals surface area contributed by atoms with E-state index in [1.165, 1.54) is 42.0 Å². The molecule has 0 aliphatic carbocycles. The second-order valence-electron chi connectivity index (χ2n) is 7.38. The van der Waals surface area contributed by atoms with Gasteiger partial charge in [-0.1, -0.05) is 30.7 Å². The van der Waals surface area contributed by atoms with E-state index < -0.39 is 15.9 Å². The lowest BCUT2D eigenvalue weighted by atomic mass is 10.2. The van der Waals surface area contributed by atoms with Crippen LogP contribution in [0.15, 0.2) is 82.1 Å². The van der Waals surface area contributed by atoms with Gasteiger partial charge in [0.15, 0.2) is 16.7 Å². The number of ether oxygens (including phenoxy) is 1. The van der Waals surface area contributed by atoms with Gasteiger partial charge in [0, 0.05) is 5.69 Å². The molecule has 0 radical (unpaired) electrons. The number of nitrogens with zero attached hydrogens (tertiary/aromatic N) is 2. The number of aryl methyl sites for hydroxylation is 1. The van der Waals surface area contributed by atoms with E-state index in [9.17, 15) is 13.2 Å². The highest BCUT2D eigenvalue weighted by Crippen LogP contribution is 2.20. The first-order valence-electron chi connectivity index (χ1n) is 10.6. The number of hydrogen-bond donors (Lipinski definition) is 2. The van der Waals surface area contributed by atoms with Gasteiger partial charge >= 0.3 is 0 Å². The molecule has 0 atom stereocenters. The van der Waals surface area contributed by atoms with Crippen molar-refractivity contribution >= 4 is 39.0 Å². The molecule has 2 aromatic heterocycles. The van der Waals surface area contributed by atoms with Crippen LogP contribution in [-0.2, 0) is 23.1 Å². The van der Waals surface area contributed by atoms with Crippen LogP contribution in [0.25, 0.3) is 0 Å². The summed E-state index contributed by atoms with van der Waals surface area (Å²) in [5.74, 6) is 0.852. The summed E-state index contributed by atoms with van der Waals surface area (Å²) in [7, 11) is -3.89. The van der Waals surface area contributed by atoms with Gasteiger partial charge in [0.2, 0.25) is 0 Å². The number of nitrogens with one attached hydrogen (secondary N) is 2. The van der Waals surface area contributed by atoms with Crippen molar-refractivity contribution in [2.45, 2.75) is 24.8 Å². The van der Waals surface area contributed by atoms with Gasteiger partial charge in [-0.3, -0.25) is 9.52 Å². The number of aromatic nitrogens is 2. The first-order valence-corrected chi connectivity index (χ1v) is 12.4. The number of carbonyl (C=O) groups excluding carboxylic acids is 1. The number of amides is 1. The fourth-order valence-electron chi connectivity index (χ4n) is 3.03. The maximum absolute atomic E-state index is 12.5. The van der Waals surface area contributed by atoms with Crippen LogP contribution in [0.1, 0.15) is 28.8 Å². The summed E-state index contributed by atoms with van der Waals surface area (Å²) >= 11 is 5.66. The number of benzene rings is 2. The maximum atomic E-state index is 12.5. The van der Waals surface area contributed by atoms with Crippen LogP contribution in [-0.4, -0.2) is 24.5 Å². The normalized spacial score (nSPS) is 11.1. The number of furan rings is 1. The molecule has 2 heterocycles. The Morgan fingerprint density at radius 2 is 1.71 bits per heavy atom. The van der Waals surface area contributed by atoms with Crippen molar-refractivity contribution in [1.29, 1.82) is 0 Å². The number of halogens is 1. The van der Waals surface area contributed by atoms with Crippen LogP contribution in [0.3, 0.4) is 0 Å². The summed E-state index contributed by atoms with van der Waals surface area (Å²) in [6.45, 7) is 2.26. The lowest BCUT2D eigenvalue weighted by Crippen LogP contribution is -2.15. The summed E-state index contributed by atoms with van der Waals surface area (Å²) in [4.78, 5) is 12.5. The van der Waals surface area contributed by atoms with Crippen LogP contribution in [0.2, 0.25) is 5.15 Å². The molecule has 0 aliphatic heterocycles. The summed E-state index contributed by atoms with van der Waals surface area (Å²) in [6, 6.07) is 19.4. The molecule has 4 aromatic rings. The Balaban J connectivity index is 1.34. The molecule has 0 spiro atoms. The molecule has 1 amide bonds. The van der Waals surface area contributed by atoms with Crippen LogP contribution in [0.4, 0.5) is 11.5 Å². The van der Waals surface area contributed by atoms with Gasteiger partial charge in [-0.2, -0.15) is 0 Å². The van der Waals surface area contributed by atoms with Crippen molar-refractivity contribution < 1.29 is 22.4 Å². The molecule has 0 unspecified atom stereocenters. The molecular formula is C24H21ClN4O5S. The number of anilines is 2. The van der Waals surface area contributed by atoms with Crippen molar-refractivity contribution in [3.8, 4) is 5.75 Å². The van der Waals surface area contributed by atoms with Crippen LogP contribution in [0.5, 0.6) is 5.75 Å². The van der Waals surface area contributed by atoms with E-state index >= 15 is 0 Å². The molecule has 0 saturated carbocycles. The van der Waals surface area contributed by atoms with Crippen molar-refractivity contribution in [3.05, 3.63) is 95.0 Å². The van der Waals surface area contributed by atoms with Crippen molar-refractivity contribution in [1.82, 2.24) is 10.2 Å². The lowest BCUT2D eigenvalue weighted by Gasteiger charge is -2.08. The van der Waals surface area contributed by atoms with E-state index in [4.69, 9.17) is 20.8 Å². The topological polar surface area (TPSA) is 123 Å². The summed E-state index contributed by atoms with van der Waals surface area (Å²) in [5.41, 5.74) is 1.61. The highest BCUT2D eigenvalue weighted by Gasteiger charge is 2.16. The van der Waals surface area contributed by atoms with Gasteiger partial charge in [0.1, 0.15) is 18.1 Å². The zero-order chi connectivity index (χ0) is 24.8. The van der Waals surface area contributed by atoms with E-state index in [0.717, 1.165) is 6.42 Å². The van der Waals surface area contributed by atoms with Gasteiger partial charge in [0.25, 0.3) is 15.9 Å². The largest absolute Gasteiger partial charge is 0.486 e. The van der Waals surface area contributed by atoms with E-state index in [0.29, 0.717) is 17.2 Å². The Morgan fingerprint density at radius 3 is 2.37 bits per heavy atom.